The maximum Gasteiger partial charge on any atom is 0.323 e. The molecule has 3 unspecified atom stereocenters. The van der Waals surface area contributed by atoms with Gasteiger partial charge < -0.3 is 4.74 Å². The molecule has 0 saturated carbocycles. The summed E-state index contributed by atoms with van der Waals surface area (Å²) in [5.41, 5.74) is 0.399. The first-order valence-corrected chi connectivity index (χ1v) is 7.93. The van der Waals surface area contributed by atoms with Crippen LogP contribution in [0.5, 0.6) is 0 Å². The van der Waals surface area contributed by atoms with Gasteiger partial charge >= 0.3 is 5.97 Å². The summed E-state index contributed by atoms with van der Waals surface area (Å²) in [7, 11) is 0.0908. The Morgan fingerprint density at radius 3 is 2.95 bits per heavy atom. The van der Waals surface area contributed by atoms with Crippen molar-refractivity contribution in [3.8, 4) is 0 Å². The lowest BCUT2D eigenvalue weighted by molar-refractivity contribution is -0.142. The fourth-order valence-corrected chi connectivity index (χ4v) is 3.78. The Labute approximate surface area is 121 Å². The van der Waals surface area contributed by atoms with E-state index in [2.05, 4.69) is 26.0 Å². The third kappa shape index (κ3) is 3.40. The molecule has 1 fully saturated rings. The molecule has 0 aromatic heterocycles. The maximum atomic E-state index is 13.8. The van der Waals surface area contributed by atoms with Crippen molar-refractivity contribution in [1.29, 1.82) is 0 Å². The van der Waals surface area contributed by atoms with E-state index in [1.54, 1.807) is 12.1 Å². The van der Waals surface area contributed by atoms with E-state index in [1.165, 1.54) is 13.2 Å². The zero-order valence-electron chi connectivity index (χ0n) is 10.2. The highest BCUT2D eigenvalue weighted by Crippen LogP contribution is 2.25. The predicted octanol–water partition coefficient (Wildman–Crippen LogP) is 1.52. The smallest absolute Gasteiger partial charge is 0.323 e. The standard InChI is InChI=1S/C12H13BrFNO3S/c1-18-12(16)11-6-19(17)5-10(15-11)8-4-7(13)2-3-9(8)14/h2-4,10-11,15H,5-6H2,1H3. The summed E-state index contributed by atoms with van der Waals surface area (Å²) in [5.74, 6) is -0.392. The molecule has 0 bridgehead atoms. The number of ether oxygens (including phenoxy) is 1. The van der Waals surface area contributed by atoms with Gasteiger partial charge in [0, 0.05) is 38.4 Å². The van der Waals surface area contributed by atoms with Gasteiger partial charge in [0.15, 0.2) is 0 Å². The third-order valence-electron chi connectivity index (χ3n) is 2.93. The molecule has 104 valence electrons. The van der Waals surface area contributed by atoms with Crippen molar-refractivity contribution >= 4 is 32.7 Å². The minimum Gasteiger partial charge on any atom is -0.468 e. The number of hydrogen-bond donors (Lipinski definition) is 1. The molecule has 4 nitrogen and oxygen atoms in total. The molecule has 1 heterocycles. The van der Waals surface area contributed by atoms with Crippen LogP contribution in [-0.2, 0) is 20.3 Å². The second kappa shape index (κ2) is 6.11. The summed E-state index contributed by atoms with van der Waals surface area (Å²) in [6.45, 7) is 0. The van der Waals surface area contributed by atoms with Crippen molar-refractivity contribution in [3.63, 3.8) is 0 Å². The normalized spacial score (nSPS) is 27.0. The van der Waals surface area contributed by atoms with E-state index < -0.39 is 28.9 Å². The van der Waals surface area contributed by atoms with E-state index >= 15 is 0 Å². The molecule has 1 saturated heterocycles. The minimum atomic E-state index is -1.18. The zero-order valence-corrected chi connectivity index (χ0v) is 12.6. The molecular weight excluding hydrogens is 337 g/mol. The number of esters is 1. The largest absolute Gasteiger partial charge is 0.468 e. The van der Waals surface area contributed by atoms with Crippen LogP contribution in [0.3, 0.4) is 0 Å². The molecule has 0 radical (unpaired) electrons. The van der Waals surface area contributed by atoms with E-state index in [0.717, 1.165) is 4.47 Å². The van der Waals surface area contributed by atoms with Gasteiger partial charge in [0.05, 0.1) is 7.11 Å². The summed E-state index contributed by atoms with van der Waals surface area (Å²) < 4.78 is 31.0. The van der Waals surface area contributed by atoms with Gasteiger partial charge in [-0.3, -0.25) is 14.3 Å². The van der Waals surface area contributed by atoms with E-state index in [4.69, 9.17) is 0 Å². The highest BCUT2D eigenvalue weighted by molar-refractivity contribution is 9.10. The molecule has 0 amide bonds. The highest BCUT2D eigenvalue weighted by Gasteiger charge is 2.33. The van der Waals surface area contributed by atoms with E-state index in [1.807, 2.05) is 0 Å². The maximum absolute atomic E-state index is 13.8. The summed E-state index contributed by atoms with van der Waals surface area (Å²) in [6, 6.07) is 3.44. The van der Waals surface area contributed by atoms with Crippen LogP contribution in [0.1, 0.15) is 11.6 Å². The molecule has 1 aromatic rings. The van der Waals surface area contributed by atoms with Gasteiger partial charge in [-0.1, -0.05) is 15.9 Å². The first kappa shape index (κ1) is 14.6. The first-order chi connectivity index (χ1) is 9.01. The van der Waals surface area contributed by atoms with E-state index in [9.17, 15) is 13.4 Å². The summed E-state index contributed by atoms with van der Waals surface area (Å²) in [6.07, 6.45) is 0. The molecule has 3 atom stereocenters. The molecule has 1 aromatic carbocycles. The number of methoxy groups -OCH3 is 1. The second-order valence-electron chi connectivity index (χ2n) is 4.23. The van der Waals surface area contributed by atoms with Crippen LogP contribution < -0.4 is 5.32 Å². The van der Waals surface area contributed by atoms with Crippen LogP contribution in [0.25, 0.3) is 0 Å². The Hall–Kier alpha value is -0.790. The van der Waals surface area contributed by atoms with E-state index in [-0.39, 0.29) is 17.3 Å². The molecular formula is C12H13BrFNO3S. The summed E-state index contributed by atoms with van der Waals surface area (Å²) in [4.78, 5) is 11.5. The van der Waals surface area contributed by atoms with Crippen LogP contribution in [0, 0.1) is 5.82 Å². The van der Waals surface area contributed by atoms with Crippen LogP contribution in [0.2, 0.25) is 0 Å². The van der Waals surface area contributed by atoms with Crippen molar-refractivity contribution in [2.24, 2.45) is 0 Å². The van der Waals surface area contributed by atoms with Crippen molar-refractivity contribution in [1.82, 2.24) is 5.32 Å². The Kier molecular flexibility index (Phi) is 4.70. The molecule has 0 aliphatic carbocycles. The third-order valence-corrected chi connectivity index (χ3v) is 4.83. The monoisotopic (exact) mass is 349 g/mol. The number of carbonyl (C=O) groups excluding carboxylic acids is 1. The SMILES string of the molecule is COC(=O)C1CS(=O)CC(c2cc(Br)ccc2F)N1. The van der Waals surface area contributed by atoms with Crippen LogP contribution in [-0.4, -0.2) is 34.8 Å². The summed E-state index contributed by atoms with van der Waals surface area (Å²) >= 11 is 3.27. The van der Waals surface area contributed by atoms with E-state index in [0.29, 0.717) is 5.56 Å². The Morgan fingerprint density at radius 2 is 2.26 bits per heavy atom. The zero-order chi connectivity index (χ0) is 14.0. The number of benzene rings is 1. The summed E-state index contributed by atoms with van der Waals surface area (Å²) in [5, 5.41) is 2.99. The number of halogens is 2. The van der Waals surface area contributed by atoms with Crippen molar-refractivity contribution in [2.75, 3.05) is 18.6 Å². The molecule has 2 rings (SSSR count). The Morgan fingerprint density at radius 1 is 1.53 bits per heavy atom. The topological polar surface area (TPSA) is 55.4 Å². The minimum absolute atomic E-state index is 0.193. The predicted molar refractivity (Wildman–Crippen MR) is 73.7 cm³/mol. The van der Waals surface area contributed by atoms with Gasteiger partial charge in [0.2, 0.25) is 0 Å². The van der Waals surface area contributed by atoms with Crippen LogP contribution in [0.4, 0.5) is 4.39 Å². The Balaban J connectivity index is 2.26. The van der Waals surface area contributed by atoms with Gasteiger partial charge in [-0.25, -0.2) is 4.39 Å². The number of rotatable bonds is 2. The molecule has 1 aliphatic heterocycles. The van der Waals surface area contributed by atoms with Gasteiger partial charge in [-0.2, -0.15) is 0 Å². The molecule has 7 heteroatoms. The lowest BCUT2D eigenvalue weighted by Crippen LogP contribution is -2.50. The Bertz CT molecular complexity index is 526. The van der Waals surface area contributed by atoms with Crippen molar-refractivity contribution in [3.05, 3.63) is 34.1 Å². The van der Waals surface area contributed by atoms with Crippen molar-refractivity contribution in [2.45, 2.75) is 12.1 Å². The van der Waals surface area contributed by atoms with Gasteiger partial charge in [0.25, 0.3) is 0 Å². The average Bonchev–Trinajstić information content (AvgIpc) is 2.39. The molecule has 0 spiro atoms. The average molecular weight is 350 g/mol. The molecule has 19 heavy (non-hydrogen) atoms. The number of nitrogens with one attached hydrogen (secondary N) is 1. The van der Waals surface area contributed by atoms with Gasteiger partial charge in [-0.15, -0.1) is 0 Å². The second-order valence-corrected chi connectivity index (χ2v) is 6.70. The highest BCUT2D eigenvalue weighted by atomic mass is 79.9. The van der Waals surface area contributed by atoms with Crippen LogP contribution >= 0.6 is 15.9 Å². The van der Waals surface area contributed by atoms with Crippen LogP contribution in [0.15, 0.2) is 22.7 Å². The lowest BCUT2D eigenvalue weighted by Gasteiger charge is -2.29. The molecule has 1 aliphatic rings. The van der Waals surface area contributed by atoms with Gasteiger partial charge in [0.1, 0.15) is 11.9 Å². The fraction of sp³-hybridized carbons (Fsp3) is 0.417. The number of hydrogen-bond acceptors (Lipinski definition) is 4. The first-order valence-electron chi connectivity index (χ1n) is 5.65. The molecule has 1 N–H and O–H groups in total. The van der Waals surface area contributed by atoms with Gasteiger partial charge in [-0.05, 0) is 18.2 Å². The van der Waals surface area contributed by atoms with Crippen molar-refractivity contribution < 1.29 is 18.1 Å². The quantitative estimate of drug-likeness (QED) is 0.822. The number of carbonyl (C=O) groups is 1. The fourth-order valence-electron chi connectivity index (χ4n) is 2.02. The lowest BCUT2D eigenvalue weighted by atomic mass is 10.1.